The smallest absolute Gasteiger partial charge is 0.140 e. The van der Waals surface area contributed by atoms with E-state index < -0.39 is 5.60 Å². The van der Waals surface area contributed by atoms with Gasteiger partial charge in [-0.05, 0) is 38.0 Å². The van der Waals surface area contributed by atoms with E-state index in [1.807, 2.05) is 6.92 Å². The maximum atomic E-state index is 13.3. The van der Waals surface area contributed by atoms with Crippen molar-refractivity contribution >= 4 is 11.0 Å². The van der Waals surface area contributed by atoms with Crippen molar-refractivity contribution in [3.05, 3.63) is 35.3 Å². The predicted octanol–water partition coefficient (Wildman–Crippen LogP) is 3.50. The molecule has 1 heterocycles. The van der Waals surface area contributed by atoms with Gasteiger partial charge in [0.25, 0.3) is 0 Å². The van der Waals surface area contributed by atoms with Gasteiger partial charge in [-0.1, -0.05) is 6.42 Å². The molecule has 0 radical (unpaired) electrons. The summed E-state index contributed by atoms with van der Waals surface area (Å²) in [5.41, 5.74) is 0.779. The molecule has 2 fully saturated rings. The lowest BCUT2D eigenvalue weighted by Gasteiger charge is -2.12. The molecule has 1 N–H and O–H groups in total. The Kier molecular flexibility index (Phi) is 1.85. The summed E-state index contributed by atoms with van der Waals surface area (Å²) >= 11 is 0. The van der Waals surface area contributed by atoms with Gasteiger partial charge >= 0.3 is 0 Å². The van der Waals surface area contributed by atoms with Crippen molar-refractivity contribution in [1.82, 2.24) is 0 Å². The van der Waals surface area contributed by atoms with Crippen LogP contribution in [0, 0.1) is 24.6 Å². The molecule has 2 aliphatic rings. The van der Waals surface area contributed by atoms with Crippen molar-refractivity contribution in [2.24, 2.45) is 11.8 Å². The van der Waals surface area contributed by atoms with Crippen LogP contribution in [0.15, 0.2) is 22.6 Å². The molecular weight excluding hydrogens is 231 g/mol. The van der Waals surface area contributed by atoms with Crippen molar-refractivity contribution in [2.45, 2.75) is 31.8 Å². The van der Waals surface area contributed by atoms with E-state index in [1.54, 1.807) is 6.07 Å². The number of hydrogen-bond donors (Lipinski definition) is 1. The highest BCUT2D eigenvalue weighted by Crippen LogP contribution is 2.67. The average Bonchev–Trinajstić information content (AvgIpc) is 2.78. The Morgan fingerprint density at radius 2 is 2.06 bits per heavy atom. The fourth-order valence-electron chi connectivity index (χ4n) is 3.83. The van der Waals surface area contributed by atoms with Crippen molar-refractivity contribution in [1.29, 1.82) is 0 Å². The van der Waals surface area contributed by atoms with E-state index in [1.165, 1.54) is 18.6 Å². The van der Waals surface area contributed by atoms with Crippen molar-refractivity contribution in [2.75, 3.05) is 0 Å². The second-order valence-electron chi connectivity index (χ2n) is 5.67. The van der Waals surface area contributed by atoms with Gasteiger partial charge in [0.2, 0.25) is 0 Å². The predicted molar refractivity (Wildman–Crippen MR) is 65.6 cm³/mol. The van der Waals surface area contributed by atoms with E-state index in [9.17, 15) is 9.50 Å². The zero-order valence-electron chi connectivity index (χ0n) is 10.2. The van der Waals surface area contributed by atoms with Crippen LogP contribution < -0.4 is 0 Å². The Balaban J connectivity index is 1.89. The van der Waals surface area contributed by atoms with Gasteiger partial charge in [0.15, 0.2) is 0 Å². The van der Waals surface area contributed by atoms with Gasteiger partial charge in [0.05, 0.1) is 0 Å². The van der Waals surface area contributed by atoms with Gasteiger partial charge < -0.3 is 9.52 Å². The normalized spacial score (nSPS) is 33.9. The Morgan fingerprint density at radius 3 is 2.78 bits per heavy atom. The third-order valence-electron chi connectivity index (χ3n) is 4.80. The third kappa shape index (κ3) is 1.11. The highest BCUT2D eigenvalue weighted by Gasteiger charge is 2.68. The molecular formula is C15H15FO2. The number of fused-ring (bicyclic) bond motifs is 2. The topological polar surface area (TPSA) is 33.4 Å². The summed E-state index contributed by atoms with van der Waals surface area (Å²) in [6.45, 7) is 1.91. The summed E-state index contributed by atoms with van der Waals surface area (Å²) in [5.74, 6) is 1.10. The number of aryl methyl sites for hydroxylation is 1. The molecule has 2 nitrogen and oxygen atoms in total. The van der Waals surface area contributed by atoms with Crippen LogP contribution in [0.3, 0.4) is 0 Å². The van der Waals surface area contributed by atoms with Crippen LogP contribution in [0.1, 0.15) is 30.6 Å². The van der Waals surface area contributed by atoms with Crippen molar-refractivity contribution in [3.8, 4) is 0 Å². The number of rotatable bonds is 1. The first kappa shape index (κ1) is 10.6. The Bertz CT molecular complexity index is 633. The summed E-state index contributed by atoms with van der Waals surface area (Å²) in [7, 11) is 0. The number of furan rings is 1. The van der Waals surface area contributed by atoms with Crippen LogP contribution in [0.25, 0.3) is 11.0 Å². The Labute approximate surface area is 104 Å². The number of halogens is 1. The van der Waals surface area contributed by atoms with Gasteiger partial charge in [-0.3, -0.25) is 0 Å². The quantitative estimate of drug-likeness (QED) is 0.835. The van der Waals surface area contributed by atoms with E-state index in [-0.39, 0.29) is 5.82 Å². The van der Waals surface area contributed by atoms with Crippen molar-refractivity contribution in [3.63, 3.8) is 0 Å². The highest BCUT2D eigenvalue weighted by molar-refractivity contribution is 5.82. The molecule has 2 aromatic rings. The summed E-state index contributed by atoms with van der Waals surface area (Å²) in [4.78, 5) is 0. The molecule has 2 atom stereocenters. The molecule has 0 saturated heterocycles. The van der Waals surface area contributed by atoms with E-state index in [2.05, 4.69) is 0 Å². The lowest BCUT2D eigenvalue weighted by atomic mass is 10.0. The minimum Gasteiger partial charge on any atom is -0.458 e. The van der Waals surface area contributed by atoms with Crippen molar-refractivity contribution < 1.29 is 13.9 Å². The Hall–Kier alpha value is -1.35. The monoisotopic (exact) mass is 246 g/mol. The molecule has 0 spiro atoms. The van der Waals surface area contributed by atoms with Crippen LogP contribution in [-0.2, 0) is 5.60 Å². The zero-order chi connectivity index (χ0) is 12.5. The molecule has 2 saturated carbocycles. The molecule has 0 bridgehead atoms. The summed E-state index contributed by atoms with van der Waals surface area (Å²) in [6.07, 6.45) is 3.35. The molecule has 2 aliphatic carbocycles. The zero-order valence-corrected chi connectivity index (χ0v) is 10.2. The van der Waals surface area contributed by atoms with Gasteiger partial charge in [-0.2, -0.15) is 0 Å². The molecule has 1 aromatic heterocycles. The largest absolute Gasteiger partial charge is 0.458 e. The number of hydrogen-bond acceptors (Lipinski definition) is 2. The van der Waals surface area contributed by atoms with E-state index in [0.717, 1.165) is 23.8 Å². The fraction of sp³-hybridized carbons (Fsp3) is 0.467. The van der Waals surface area contributed by atoms with E-state index >= 15 is 0 Å². The maximum Gasteiger partial charge on any atom is 0.140 e. The molecule has 0 aliphatic heterocycles. The average molecular weight is 246 g/mol. The van der Waals surface area contributed by atoms with Crippen LogP contribution in [-0.4, -0.2) is 5.11 Å². The SMILES string of the molecule is Cc1c(C2(O)C3CCCC32)oc2ccc(F)cc12. The molecule has 2 unspecified atom stereocenters. The van der Waals surface area contributed by atoms with Crippen LogP contribution in [0.4, 0.5) is 4.39 Å². The summed E-state index contributed by atoms with van der Waals surface area (Å²) in [6, 6.07) is 4.52. The lowest BCUT2D eigenvalue weighted by molar-refractivity contribution is 0.0816. The van der Waals surface area contributed by atoms with Gasteiger partial charge in [0, 0.05) is 22.8 Å². The molecule has 3 heteroatoms. The van der Waals surface area contributed by atoms with Gasteiger partial charge in [-0.25, -0.2) is 4.39 Å². The summed E-state index contributed by atoms with van der Waals surface area (Å²) in [5, 5.41) is 11.5. The molecule has 0 amide bonds. The first-order valence-corrected chi connectivity index (χ1v) is 6.54. The first-order chi connectivity index (χ1) is 8.62. The summed E-state index contributed by atoms with van der Waals surface area (Å²) < 4.78 is 19.1. The maximum absolute atomic E-state index is 13.3. The molecule has 4 rings (SSSR count). The minimum absolute atomic E-state index is 0.263. The van der Waals surface area contributed by atoms with Gasteiger partial charge in [0.1, 0.15) is 22.8 Å². The lowest BCUT2D eigenvalue weighted by Crippen LogP contribution is -2.13. The second-order valence-corrected chi connectivity index (χ2v) is 5.67. The fourth-order valence-corrected chi connectivity index (χ4v) is 3.83. The highest BCUT2D eigenvalue weighted by atomic mass is 19.1. The van der Waals surface area contributed by atoms with E-state index in [4.69, 9.17) is 4.42 Å². The van der Waals surface area contributed by atoms with Crippen LogP contribution >= 0.6 is 0 Å². The third-order valence-corrected chi connectivity index (χ3v) is 4.80. The molecule has 18 heavy (non-hydrogen) atoms. The standard InChI is InChI=1S/C15H15FO2/c1-8-10-7-9(16)5-6-13(10)18-14(8)15(17)11-3-2-4-12(11)15/h5-7,11-12,17H,2-4H2,1H3. The minimum atomic E-state index is -0.780. The Morgan fingerprint density at radius 1 is 1.33 bits per heavy atom. The van der Waals surface area contributed by atoms with Crippen LogP contribution in [0.5, 0.6) is 0 Å². The first-order valence-electron chi connectivity index (χ1n) is 6.54. The molecule has 94 valence electrons. The molecule has 1 aromatic carbocycles. The second kappa shape index (κ2) is 3.15. The number of aliphatic hydroxyl groups is 1. The van der Waals surface area contributed by atoms with E-state index in [0.29, 0.717) is 23.2 Å². The number of benzene rings is 1. The van der Waals surface area contributed by atoms with Gasteiger partial charge in [-0.15, -0.1) is 0 Å². The van der Waals surface area contributed by atoms with Crippen LogP contribution in [0.2, 0.25) is 0 Å².